The summed E-state index contributed by atoms with van der Waals surface area (Å²) < 4.78 is 33.9. The van der Waals surface area contributed by atoms with E-state index in [9.17, 15) is 13.2 Å². The Hall–Kier alpha value is -2.38. The molecule has 2 rings (SSSR count). The molecule has 1 amide bonds. The van der Waals surface area contributed by atoms with Gasteiger partial charge in [0, 0.05) is 6.04 Å². The van der Waals surface area contributed by atoms with Gasteiger partial charge in [-0.15, -0.1) is 0 Å². The number of hydrogen-bond donors (Lipinski definition) is 2. The lowest BCUT2D eigenvalue weighted by atomic mass is 10.1. The number of carbonyl (C=O) groups is 1. The largest absolute Gasteiger partial charge is 0.495 e. The minimum atomic E-state index is -3.97. The van der Waals surface area contributed by atoms with Crippen molar-refractivity contribution in [1.29, 1.82) is 0 Å². The highest BCUT2D eigenvalue weighted by Gasteiger charge is 2.28. The van der Waals surface area contributed by atoms with E-state index in [4.69, 9.17) is 4.74 Å². The average Bonchev–Trinajstić information content (AvgIpc) is 2.68. The fourth-order valence-corrected chi connectivity index (χ4v) is 4.18. The highest BCUT2D eigenvalue weighted by atomic mass is 32.2. The first kappa shape index (κ1) is 21.9. The predicted molar refractivity (Wildman–Crippen MR) is 110 cm³/mol. The first-order valence-electron chi connectivity index (χ1n) is 9.28. The van der Waals surface area contributed by atoms with Crippen LogP contribution in [0.3, 0.4) is 0 Å². The van der Waals surface area contributed by atoms with E-state index in [0.717, 1.165) is 17.5 Å². The molecule has 0 saturated heterocycles. The number of rotatable bonds is 9. The van der Waals surface area contributed by atoms with Gasteiger partial charge in [0.05, 0.1) is 7.11 Å². The summed E-state index contributed by atoms with van der Waals surface area (Å²) in [5.41, 5.74) is 1.65. The van der Waals surface area contributed by atoms with Gasteiger partial charge in [-0.2, -0.15) is 4.72 Å². The Balaban J connectivity index is 2.35. The highest BCUT2D eigenvalue weighted by molar-refractivity contribution is 7.89. The first-order valence-corrected chi connectivity index (χ1v) is 10.8. The van der Waals surface area contributed by atoms with Gasteiger partial charge < -0.3 is 10.1 Å². The third-order valence-corrected chi connectivity index (χ3v) is 6.00. The van der Waals surface area contributed by atoms with E-state index in [2.05, 4.69) is 10.0 Å². The number of sulfonamides is 1. The van der Waals surface area contributed by atoms with Crippen LogP contribution in [-0.4, -0.2) is 33.5 Å². The van der Waals surface area contributed by atoms with Crippen LogP contribution in [0.2, 0.25) is 0 Å². The van der Waals surface area contributed by atoms with Gasteiger partial charge in [0.15, 0.2) is 0 Å². The minimum Gasteiger partial charge on any atom is -0.495 e. The maximum absolute atomic E-state index is 13.1. The third-order valence-electron chi connectivity index (χ3n) is 4.51. The van der Waals surface area contributed by atoms with Crippen molar-refractivity contribution >= 4 is 15.9 Å². The topological polar surface area (TPSA) is 84.5 Å². The van der Waals surface area contributed by atoms with Gasteiger partial charge in [-0.05, 0) is 49.9 Å². The molecule has 152 valence electrons. The van der Waals surface area contributed by atoms with Crippen molar-refractivity contribution in [2.24, 2.45) is 0 Å². The van der Waals surface area contributed by atoms with Crippen molar-refractivity contribution in [1.82, 2.24) is 10.0 Å². The molecule has 0 spiro atoms. The predicted octanol–water partition coefficient (Wildman–Crippen LogP) is 2.81. The standard InChI is InChI=1S/C21H28N2O4S/c1-5-16(3)22-21(24)18(14-17-9-7-6-8-10-17)23-28(25,26)20-13-15(2)11-12-19(20)27-4/h6-13,16,18,23H,5,14H2,1-4H3,(H,22,24)/t16-,18+/m1/s1. The zero-order chi connectivity index (χ0) is 20.7. The molecular weight excluding hydrogens is 376 g/mol. The fraction of sp³-hybridized carbons (Fsp3) is 0.381. The van der Waals surface area contributed by atoms with E-state index >= 15 is 0 Å². The van der Waals surface area contributed by atoms with Crippen LogP contribution in [-0.2, 0) is 21.2 Å². The third kappa shape index (κ3) is 5.81. The van der Waals surface area contributed by atoms with Crippen LogP contribution in [0.25, 0.3) is 0 Å². The summed E-state index contributed by atoms with van der Waals surface area (Å²) in [5.74, 6) is -0.118. The second kappa shape index (κ2) is 9.71. The maximum Gasteiger partial charge on any atom is 0.244 e. The van der Waals surface area contributed by atoms with Crippen molar-refractivity contribution in [3.63, 3.8) is 0 Å². The summed E-state index contributed by atoms with van der Waals surface area (Å²) in [6.07, 6.45) is 0.999. The Morgan fingerprint density at radius 1 is 1.14 bits per heavy atom. The molecule has 28 heavy (non-hydrogen) atoms. The number of benzene rings is 2. The Kier molecular flexibility index (Phi) is 7.60. The smallest absolute Gasteiger partial charge is 0.244 e. The van der Waals surface area contributed by atoms with Crippen LogP contribution < -0.4 is 14.8 Å². The molecule has 2 aromatic rings. The number of ether oxygens (including phenoxy) is 1. The Morgan fingerprint density at radius 2 is 1.82 bits per heavy atom. The van der Waals surface area contributed by atoms with Gasteiger partial charge in [-0.1, -0.05) is 43.3 Å². The van der Waals surface area contributed by atoms with Crippen LogP contribution in [0.1, 0.15) is 31.4 Å². The second-order valence-corrected chi connectivity index (χ2v) is 8.52. The monoisotopic (exact) mass is 404 g/mol. The van der Waals surface area contributed by atoms with Gasteiger partial charge in [0.25, 0.3) is 0 Å². The SMILES string of the molecule is CC[C@@H](C)NC(=O)[C@H](Cc1ccccc1)NS(=O)(=O)c1cc(C)ccc1OC. The van der Waals surface area contributed by atoms with Crippen molar-refractivity contribution in [2.45, 2.75) is 50.6 Å². The summed E-state index contributed by atoms with van der Waals surface area (Å²) >= 11 is 0. The van der Waals surface area contributed by atoms with Gasteiger partial charge in [-0.25, -0.2) is 8.42 Å². The molecule has 0 aliphatic heterocycles. The van der Waals surface area contributed by atoms with Crippen LogP contribution >= 0.6 is 0 Å². The summed E-state index contributed by atoms with van der Waals surface area (Å²) in [7, 11) is -2.55. The van der Waals surface area contributed by atoms with E-state index in [-0.39, 0.29) is 29.0 Å². The second-order valence-electron chi connectivity index (χ2n) is 6.84. The molecule has 6 nitrogen and oxygen atoms in total. The molecular formula is C21H28N2O4S. The number of nitrogens with one attached hydrogen (secondary N) is 2. The molecule has 0 bridgehead atoms. The van der Waals surface area contributed by atoms with Crippen molar-refractivity contribution in [3.8, 4) is 5.75 Å². The van der Waals surface area contributed by atoms with Crippen molar-refractivity contribution in [2.75, 3.05) is 7.11 Å². The quantitative estimate of drug-likeness (QED) is 0.673. The molecule has 0 radical (unpaired) electrons. The maximum atomic E-state index is 13.1. The molecule has 0 heterocycles. The first-order chi connectivity index (χ1) is 13.3. The van der Waals surface area contributed by atoms with E-state index in [1.54, 1.807) is 19.1 Å². The number of methoxy groups -OCH3 is 1. The molecule has 7 heteroatoms. The molecule has 0 aliphatic carbocycles. The zero-order valence-corrected chi connectivity index (χ0v) is 17.5. The summed E-state index contributed by atoms with van der Waals surface area (Å²) in [6.45, 7) is 5.64. The lowest BCUT2D eigenvalue weighted by Crippen LogP contribution is -2.50. The van der Waals surface area contributed by atoms with Gasteiger partial charge >= 0.3 is 0 Å². The number of hydrogen-bond acceptors (Lipinski definition) is 4. The van der Waals surface area contributed by atoms with E-state index in [1.807, 2.05) is 44.2 Å². The van der Waals surface area contributed by atoms with E-state index < -0.39 is 16.1 Å². The Morgan fingerprint density at radius 3 is 2.43 bits per heavy atom. The molecule has 0 unspecified atom stereocenters. The highest BCUT2D eigenvalue weighted by Crippen LogP contribution is 2.25. The molecule has 0 fully saturated rings. The van der Waals surface area contributed by atoms with E-state index in [0.29, 0.717) is 0 Å². The lowest BCUT2D eigenvalue weighted by Gasteiger charge is -2.21. The molecule has 2 N–H and O–H groups in total. The molecule has 2 aromatic carbocycles. The lowest BCUT2D eigenvalue weighted by molar-refractivity contribution is -0.123. The van der Waals surface area contributed by atoms with E-state index in [1.165, 1.54) is 13.2 Å². The summed E-state index contributed by atoms with van der Waals surface area (Å²) in [4.78, 5) is 12.8. The van der Waals surface area contributed by atoms with Crippen molar-refractivity contribution in [3.05, 3.63) is 59.7 Å². The molecule has 0 saturated carbocycles. The average molecular weight is 405 g/mol. The van der Waals surface area contributed by atoms with Crippen LogP contribution in [0, 0.1) is 6.92 Å². The minimum absolute atomic E-state index is 0.0180. The number of amides is 1. The Labute approximate surface area is 167 Å². The fourth-order valence-electron chi connectivity index (χ4n) is 2.73. The molecule has 0 aromatic heterocycles. The normalized spacial score (nSPS) is 13.6. The zero-order valence-electron chi connectivity index (χ0n) is 16.7. The number of carbonyl (C=O) groups excluding carboxylic acids is 1. The molecule has 0 aliphatic rings. The summed E-state index contributed by atoms with van der Waals surface area (Å²) in [6, 6.07) is 13.2. The molecule has 2 atom stereocenters. The van der Waals surface area contributed by atoms with Gasteiger partial charge in [0.2, 0.25) is 15.9 Å². The number of aryl methyl sites for hydroxylation is 1. The van der Waals surface area contributed by atoms with Crippen LogP contribution in [0.5, 0.6) is 5.75 Å². The van der Waals surface area contributed by atoms with Crippen LogP contribution in [0.4, 0.5) is 0 Å². The van der Waals surface area contributed by atoms with Gasteiger partial charge in [0.1, 0.15) is 16.7 Å². The van der Waals surface area contributed by atoms with Crippen molar-refractivity contribution < 1.29 is 17.9 Å². The van der Waals surface area contributed by atoms with Crippen LogP contribution in [0.15, 0.2) is 53.4 Å². The van der Waals surface area contributed by atoms with Gasteiger partial charge in [-0.3, -0.25) is 4.79 Å². The summed E-state index contributed by atoms with van der Waals surface area (Å²) in [5, 5.41) is 2.87. The Bertz CT molecular complexity index is 898.